The normalized spacial score (nSPS) is 14.2. The number of aryl methyl sites for hydroxylation is 3. The number of amides is 1. The average molecular weight is 353 g/mol. The number of carbonyl (C=O) groups is 1. The molecular weight excluding hydrogens is 326 g/mol. The molecule has 2 aromatic rings. The van der Waals surface area contributed by atoms with Gasteiger partial charge in [0.25, 0.3) is 5.91 Å². The summed E-state index contributed by atoms with van der Waals surface area (Å²) in [6.45, 7) is 4.68. The Morgan fingerprint density at radius 3 is 2.69 bits per heavy atom. The minimum absolute atomic E-state index is 0.129. The molecule has 1 N–H and O–H groups in total. The van der Waals surface area contributed by atoms with Gasteiger partial charge >= 0.3 is 0 Å². The second-order valence-electron chi connectivity index (χ2n) is 6.85. The van der Waals surface area contributed by atoms with Crippen LogP contribution in [0.5, 0.6) is 11.5 Å². The summed E-state index contributed by atoms with van der Waals surface area (Å²) < 4.78 is 11.5. The Hall–Kier alpha value is -2.49. The lowest BCUT2D eigenvalue weighted by atomic mass is 9.92. The first-order valence-electron chi connectivity index (χ1n) is 9.37. The first kappa shape index (κ1) is 18.3. The van der Waals surface area contributed by atoms with E-state index in [0.717, 1.165) is 29.9 Å². The van der Waals surface area contributed by atoms with Crippen molar-refractivity contribution in [2.24, 2.45) is 0 Å². The van der Waals surface area contributed by atoms with Crippen molar-refractivity contribution in [1.29, 1.82) is 0 Å². The molecule has 0 aliphatic heterocycles. The van der Waals surface area contributed by atoms with Crippen LogP contribution in [0, 0.1) is 6.92 Å². The van der Waals surface area contributed by atoms with Crippen molar-refractivity contribution in [2.75, 3.05) is 13.2 Å². The number of ether oxygens (including phenoxy) is 2. The molecule has 2 aromatic carbocycles. The van der Waals surface area contributed by atoms with Gasteiger partial charge in [0.15, 0.2) is 6.10 Å². The van der Waals surface area contributed by atoms with Crippen molar-refractivity contribution in [3.63, 3.8) is 0 Å². The van der Waals surface area contributed by atoms with Gasteiger partial charge in [0.2, 0.25) is 0 Å². The van der Waals surface area contributed by atoms with Gasteiger partial charge in [0, 0.05) is 0 Å². The van der Waals surface area contributed by atoms with E-state index in [4.69, 9.17) is 9.47 Å². The molecule has 1 amide bonds. The van der Waals surface area contributed by atoms with E-state index in [-0.39, 0.29) is 5.91 Å². The summed E-state index contributed by atoms with van der Waals surface area (Å²) in [7, 11) is 0. The van der Waals surface area contributed by atoms with Crippen molar-refractivity contribution >= 4 is 5.91 Å². The molecule has 0 heterocycles. The Morgan fingerprint density at radius 2 is 1.88 bits per heavy atom. The van der Waals surface area contributed by atoms with E-state index in [1.165, 1.54) is 24.0 Å². The van der Waals surface area contributed by atoms with E-state index in [0.29, 0.717) is 13.2 Å². The molecule has 4 nitrogen and oxygen atoms in total. The molecule has 4 heteroatoms. The SMILES string of the molecule is Cc1cccc(OCCNC(=O)[C@@H](C)Oc2ccc3c(c2)CCCC3)c1. The third-order valence-corrected chi connectivity index (χ3v) is 4.66. The van der Waals surface area contributed by atoms with Crippen LogP contribution < -0.4 is 14.8 Å². The van der Waals surface area contributed by atoms with Crippen LogP contribution in [0.25, 0.3) is 0 Å². The van der Waals surface area contributed by atoms with E-state index in [2.05, 4.69) is 17.4 Å². The zero-order valence-corrected chi connectivity index (χ0v) is 15.6. The van der Waals surface area contributed by atoms with Crippen LogP contribution in [-0.2, 0) is 17.6 Å². The van der Waals surface area contributed by atoms with Crippen molar-refractivity contribution in [3.8, 4) is 11.5 Å². The lowest BCUT2D eigenvalue weighted by Gasteiger charge is -2.19. The van der Waals surface area contributed by atoms with E-state index >= 15 is 0 Å². The molecule has 3 rings (SSSR count). The molecule has 0 saturated carbocycles. The van der Waals surface area contributed by atoms with Crippen molar-refractivity contribution < 1.29 is 14.3 Å². The predicted molar refractivity (Wildman–Crippen MR) is 103 cm³/mol. The minimum atomic E-state index is -0.532. The lowest BCUT2D eigenvalue weighted by Crippen LogP contribution is -2.38. The number of benzene rings is 2. The first-order chi connectivity index (χ1) is 12.6. The fraction of sp³-hybridized carbons (Fsp3) is 0.409. The van der Waals surface area contributed by atoms with Gasteiger partial charge in [-0.25, -0.2) is 0 Å². The highest BCUT2D eigenvalue weighted by Gasteiger charge is 2.16. The summed E-state index contributed by atoms with van der Waals surface area (Å²) in [4.78, 5) is 12.2. The summed E-state index contributed by atoms with van der Waals surface area (Å²) in [5, 5.41) is 2.86. The number of nitrogens with one attached hydrogen (secondary N) is 1. The van der Waals surface area contributed by atoms with Crippen molar-refractivity contribution in [3.05, 3.63) is 59.2 Å². The average Bonchev–Trinajstić information content (AvgIpc) is 2.65. The Bertz CT molecular complexity index is 757. The van der Waals surface area contributed by atoms with E-state index in [9.17, 15) is 4.79 Å². The molecular formula is C22H27NO3. The van der Waals surface area contributed by atoms with Gasteiger partial charge in [-0.2, -0.15) is 0 Å². The highest BCUT2D eigenvalue weighted by molar-refractivity contribution is 5.80. The number of hydrogen-bond donors (Lipinski definition) is 1. The Labute approximate surface area is 155 Å². The molecule has 0 bridgehead atoms. The van der Waals surface area contributed by atoms with Gasteiger partial charge < -0.3 is 14.8 Å². The number of carbonyl (C=O) groups excluding carboxylic acids is 1. The summed E-state index contributed by atoms with van der Waals surface area (Å²) in [6.07, 6.45) is 4.20. The molecule has 1 atom stereocenters. The van der Waals surface area contributed by atoms with Gasteiger partial charge in [-0.1, -0.05) is 18.2 Å². The fourth-order valence-electron chi connectivity index (χ4n) is 3.23. The second kappa shape index (κ2) is 8.75. The van der Waals surface area contributed by atoms with E-state index in [1.54, 1.807) is 6.92 Å². The van der Waals surface area contributed by atoms with Gasteiger partial charge in [-0.3, -0.25) is 4.79 Å². The third-order valence-electron chi connectivity index (χ3n) is 4.66. The number of fused-ring (bicyclic) bond motifs is 1. The maximum Gasteiger partial charge on any atom is 0.260 e. The molecule has 0 aromatic heterocycles. The standard InChI is InChI=1S/C22H27NO3/c1-16-6-5-9-20(14-16)25-13-12-23-22(24)17(2)26-21-11-10-18-7-3-4-8-19(18)15-21/h5-6,9-11,14-15,17H,3-4,7-8,12-13H2,1-2H3,(H,23,24)/t17-/m1/s1. The molecule has 0 unspecified atom stereocenters. The number of hydrogen-bond acceptors (Lipinski definition) is 3. The Balaban J connectivity index is 1.43. The maximum atomic E-state index is 12.2. The summed E-state index contributed by atoms with van der Waals surface area (Å²) in [5.41, 5.74) is 3.92. The molecule has 26 heavy (non-hydrogen) atoms. The highest BCUT2D eigenvalue weighted by atomic mass is 16.5. The topological polar surface area (TPSA) is 47.6 Å². The second-order valence-corrected chi connectivity index (χ2v) is 6.85. The van der Waals surface area contributed by atoms with Crippen molar-refractivity contribution in [1.82, 2.24) is 5.32 Å². The number of rotatable bonds is 7. The van der Waals surface area contributed by atoms with Crippen LogP contribution >= 0.6 is 0 Å². The first-order valence-corrected chi connectivity index (χ1v) is 9.37. The Morgan fingerprint density at radius 1 is 1.08 bits per heavy atom. The van der Waals surface area contributed by atoms with Gasteiger partial charge in [0.05, 0.1) is 6.54 Å². The van der Waals surface area contributed by atoms with Gasteiger partial charge in [0.1, 0.15) is 18.1 Å². The third kappa shape index (κ3) is 5.01. The minimum Gasteiger partial charge on any atom is -0.492 e. The molecule has 0 spiro atoms. The zero-order chi connectivity index (χ0) is 18.4. The molecule has 1 aliphatic carbocycles. The zero-order valence-electron chi connectivity index (χ0n) is 15.6. The molecule has 0 fully saturated rings. The lowest BCUT2D eigenvalue weighted by molar-refractivity contribution is -0.127. The quantitative estimate of drug-likeness (QED) is 0.770. The van der Waals surface area contributed by atoms with Crippen LogP contribution in [0.3, 0.4) is 0 Å². The maximum absolute atomic E-state index is 12.2. The largest absolute Gasteiger partial charge is 0.492 e. The van der Waals surface area contributed by atoms with Gasteiger partial charge in [-0.15, -0.1) is 0 Å². The van der Waals surface area contributed by atoms with Crippen LogP contribution in [0.1, 0.15) is 36.5 Å². The summed E-state index contributed by atoms with van der Waals surface area (Å²) in [6, 6.07) is 14.0. The summed E-state index contributed by atoms with van der Waals surface area (Å²) >= 11 is 0. The van der Waals surface area contributed by atoms with Crippen molar-refractivity contribution in [2.45, 2.75) is 45.6 Å². The van der Waals surface area contributed by atoms with Crippen LogP contribution in [0.4, 0.5) is 0 Å². The summed E-state index contributed by atoms with van der Waals surface area (Å²) in [5.74, 6) is 1.46. The highest BCUT2D eigenvalue weighted by Crippen LogP contribution is 2.25. The van der Waals surface area contributed by atoms with Gasteiger partial charge in [-0.05, 0) is 80.5 Å². The van der Waals surface area contributed by atoms with E-state index < -0.39 is 6.10 Å². The molecule has 0 radical (unpaired) electrons. The van der Waals surface area contributed by atoms with Crippen LogP contribution in [0.2, 0.25) is 0 Å². The molecule has 1 aliphatic rings. The van der Waals surface area contributed by atoms with Crippen LogP contribution in [0.15, 0.2) is 42.5 Å². The van der Waals surface area contributed by atoms with E-state index in [1.807, 2.05) is 37.3 Å². The predicted octanol–water partition coefficient (Wildman–Crippen LogP) is 3.84. The molecule has 138 valence electrons. The van der Waals surface area contributed by atoms with Crippen LogP contribution in [-0.4, -0.2) is 25.2 Å². The monoisotopic (exact) mass is 353 g/mol. The smallest absolute Gasteiger partial charge is 0.260 e. The fourth-order valence-corrected chi connectivity index (χ4v) is 3.23. The molecule has 0 saturated heterocycles. The Kier molecular flexibility index (Phi) is 6.16.